The van der Waals surface area contributed by atoms with Gasteiger partial charge in [0, 0.05) is 11.7 Å². The van der Waals surface area contributed by atoms with Crippen LogP contribution in [-0.2, 0) is 9.59 Å². The van der Waals surface area contributed by atoms with Gasteiger partial charge in [0.15, 0.2) is 0 Å². The molecule has 0 bridgehead atoms. The van der Waals surface area contributed by atoms with Crippen molar-refractivity contribution < 1.29 is 14.7 Å². The van der Waals surface area contributed by atoms with Crippen LogP contribution in [0, 0.1) is 5.92 Å². The number of carboxylic acid groups (broad SMARTS) is 1. The maximum Gasteiger partial charge on any atom is 0.327 e. The van der Waals surface area contributed by atoms with Gasteiger partial charge in [0.2, 0.25) is 5.91 Å². The molecule has 1 aliphatic heterocycles. The maximum absolute atomic E-state index is 12.0. The molecule has 4 nitrogen and oxygen atoms in total. The second kappa shape index (κ2) is 4.43. The molecule has 2 fully saturated rings. The highest BCUT2D eigenvalue weighted by Crippen LogP contribution is 2.30. The maximum atomic E-state index is 12.0. The van der Waals surface area contributed by atoms with Crippen LogP contribution >= 0.6 is 11.8 Å². The third-order valence-corrected chi connectivity index (χ3v) is 4.17. The van der Waals surface area contributed by atoms with E-state index in [1.54, 1.807) is 4.90 Å². The lowest BCUT2D eigenvalue weighted by Crippen LogP contribution is -2.44. The molecule has 2 rings (SSSR count). The van der Waals surface area contributed by atoms with Gasteiger partial charge in [-0.25, -0.2) is 4.79 Å². The summed E-state index contributed by atoms with van der Waals surface area (Å²) in [6, 6.07) is -0.594. The van der Waals surface area contributed by atoms with Crippen molar-refractivity contribution in [1.29, 1.82) is 0 Å². The van der Waals surface area contributed by atoms with Gasteiger partial charge in [0.25, 0.3) is 0 Å². The van der Waals surface area contributed by atoms with E-state index >= 15 is 0 Å². The summed E-state index contributed by atoms with van der Waals surface area (Å²) in [4.78, 5) is 24.5. The fourth-order valence-corrected chi connectivity index (χ4v) is 3.43. The molecular weight excluding hydrogens is 214 g/mol. The van der Waals surface area contributed by atoms with Crippen molar-refractivity contribution in [2.45, 2.75) is 31.7 Å². The lowest BCUT2D eigenvalue weighted by molar-refractivity contribution is -0.149. The van der Waals surface area contributed by atoms with E-state index in [-0.39, 0.29) is 11.8 Å². The number of carbonyl (C=O) groups excluding carboxylic acids is 1. The van der Waals surface area contributed by atoms with Gasteiger partial charge in [-0.3, -0.25) is 4.79 Å². The van der Waals surface area contributed by atoms with Gasteiger partial charge in [-0.1, -0.05) is 12.8 Å². The molecule has 0 aromatic heterocycles. The summed E-state index contributed by atoms with van der Waals surface area (Å²) in [7, 11) is 0. The minimum absolute atomic E-state index is 0.0601. The first kappa shape index (κ1) is 10.8. The van der Waals surface area contributed by atoms with Crippen LogP contribution in [0.3, 0.4) is 0 Å². The summed E-state index contributed by atoms with van der Waals surface area (Å²) >= 11 is 1.53. The van der Waals surface area contributed by atoms with Crippen LogP contribution in [0.1, 0.15) is 25.7 Å². The van der Waals surface area contributed by atoms with Crippen molar-refractivity contribution in [3.63, 3.8) is 0 Å². The van der Waals surface area contributed by atoms with E-state index in [2.05, 4.69) is 0 Å². The Bertz CT molecular complexity index is 276. The average Bonchev–Trinajstić information content (AvgIpc) is 2.88. The molecule has 84 valence electrons. The molecule has 5 heteroatoms. The topological polar surface area (TPSA) is 57.6 Å². The molecule has 1 aliphatic carbocycles. The van der Waals surface area contributed by atoms with Crippen LogP contribution in [0.25, 0.3) is 0 Å². The van der Waals surface area contributed by atoms with Gasteiger partial charge in [-0.2, -0.15) is 0 Å². The van der Waals surface area contributed by atoms with E-state index in [1.807, 2.05) is 0 Å². The van der Waals surface area contributed by atoms with E-state index in [0.717, 1.165) is 25.7 Å². The highest BCUT2D eigenvalue weighted by atomic mass is 32.2. The van der Waals surface area contributed by atoms with E-state index in [9.17, 15) is 9.59 Å². The second-order valence-electron chi connectivity index (χ2n) is 4.14. The van der Waals surface area contributed by atoms with Crippen molar-refractivity contribution in [1.82, 2.24) is 4.90 Å². The SMILES string of the molecule is O=C(O)[C@@H]1CSCN1C(=O)C1CCCC1. The molecule has 0 aromatic rings. The van der Waals surface area contributed by atoms with E-state index in [0.29, 0.717) is 11.6 Å². The summed E-state index contributed by atoms with van der Waals surface area (Å²) < 4.78 is 0. The normalized spacial score (nSPS) is 27.2. The Morgan fingerprint density at radius 2 is 1.93 bits per heavy atom. The second-order valence-corrected chi connectivity index (χ2v) is 5.14. The molecule has 0 spiro atoms. The summed E-state index contributed by atoms with van der Waals surface area (Å²) in [5.41, 5.74) is 0. The van der Waals surface area contributed by atoms with Crippen molar-refractivity contribution in [2.75, 3.05) is 11.6 Å². The fourth-order valence-electron chi connectivity index (χ4n) is 2.27. The van der Waals surface area contributed by atoms with Crippen LogP contribution in [-0.4, -0.2) is 39.6 Å². The molecule has 1 atom stereocenters. The first-order valence-electron chi connectivity index (χ1n) is 5.31. The molecule has 0 aromatic carbocycles. The predicted molar refractivity (Wildman–Crippen MR) is 57.6 cm³/mol. The zero-order valence-electron chi connectivity index (χ0n) is 8.52. The standard InChI is InChI=1S/C10H15NO3S/c12-9(7-3-1-2-4-7)11-6-15-5-8(11)10(13)14/h7-8H,1-6H2,(H,13,14)/t8-/m0/s1. The van der Waals surface area contributed by atoms with Crippen molar-refractivity contribution in [2.24, 2.45) is 5.92 Å². The van der Waals surface area contributed by atoms with Crippen LogP contribution < -0.4 is 0 Å². The molecule has 0 unspecified atom stereocenters. The van der Waals surface area contributed by atoms with Gasteiger partial charge >= 0.3 is 5.97 Å². The number of amides is 1. The first-order valence-corrected chi connectivity index (χ1v) is 6.46. The Balaban J connectivity index is 2.02. The molecule has 1 N–H and O–H groups in total. The quantitative estimate of drug-likeness (QED) is 0.772. The van der Waals surface area contributed by atoms with Crippen LogP contribution in [0.15, 0.2) is 0 Å². The van der Waals surface area contributed by atoms with E-state index in [1.165, 1.54) is 11.8 Å². The van der Waals surface area contributed by atoms with E-state index in [4.69, 9.17) is 5.11 Å². The van der Waals surface area contributed by atoms with Crippen molar-refractivity contribution >= 4 is 23.6 Å². The van der Waals surface area contributed by atoms with Crippen LogP contribution in [0.4, 0.5) is 0 Å². The number of hydrogen-bond donors (Lipinski definition) is 1. The van der Waals surface area contributed by atoms with Gasteiger partial charge in [0.05, 0.1) is 5.88 Å². The Labute approximate surface area is 93.0 Å². The number of carbonyl (C=O) groups is 2. The monoisotopic (exact) mass is 229 g/mol. The average molecular weight is 229 g/mol. The van der Waals surface area contributed by atoms with Crippen LogP contribution in [0.2, 0.25) is 0 Å². The molecule has 1 heterocycles. The number of hydrogen-bond acceptors (Lipinski definition) is 3. The zero-order valence-corrected chi connectivity index (χ0v) is 9.33. The minimum Gasteiger partial charge on any atom is -0.480 e. The van der Waals surface area contributed by atoms with Crippen molar-refractivity contribution in [3.8, 4) is 0 Å². The Morgan fingerprint density at radius 1 is 1.27 bits per heavy atom. The van der Waals surface area contributed by atoms with Crippen molar-refractivity contribution in [3.05, 3.63) is 0 Å². The predicted octanol–water partition coefficient (Wildman–Crippen LogP) is 1.16. The third kappa shape index (κ3) is 2.12. The number of thioether (sulfide) groups is 1. The summed E-state index contributed by atoms with van der Waals surface area (Å²) in [6.07, 6.45) is 4.09. The third-order valence-electron chi connectivity index (χ3n) is 3.15. The number of nitrogens with zero attached hydrogens (tertiary/aromatic N) is 1. The van der Waals surface area contributed by atoms with Gasteiger partial charge in [-0.05, 0) is 12.8 Å². The fraction of sp³-hybridized carbons (Fsp3) is 0.800. The highest BCUT2D eigenvalue weighted by Gasteiger charge is 2.38. The molecule has 1 saturated carbocycles. The number of rotatable bonds is 2. The summed E-state index contributed by atoms with van der Waals surface area (Å²) in [5.74, 6) is 0.363. The molecule has 15 heavy (non-hydrogen) atoms. The first-order chi connectivity index (χ1) is 7.20. The lowest BCUT2D eigenvalue weighted by atomic mass is 10.1. The Morgan fingerprint density at radius 3 is 2.53 bits per heavy atom. The lowest BCUT2D eigenvalue weighted by Gasteiger charge is -2.23. The Hall–Kier alpha value is -0.710. The number of carboxylic acids is 1. The smallest absolute Gasteiger partial charge is 0.327 e. The highest BCUT2D eigenvalue weighted by molar-refractivity contribution is 7.99. The van der Waals surface area contributed by atoms with E-state index < -0.39 is 12.0 Å². The summed E-state index contributed by atoms with van der Waals surface area (Å²) in [5, 5.41) is 8.97. The summed E-state index contributed by atoms with van der Waals surface area (Å²) in [6.45, 7) is 0. The molecule has 1 saturated heterocycles. The Kier molecular flexibility index (Phi) is 3.19. The van der Waals surface area contributed by atoms with Gasteiger partial charge in [-0.15, -0.1) is 11.8 Å². The van der Waals surface area contributed by atoms with Gasteiger partial charge < -0.3 is 10.0 Å². The van der Waals surface area contributed by atoms with Gasteiger partial charge in [0.1, 0.15) is 6.04 Å². The number of aliphatic carboxylic acids is 1. The largest absolute Gasteiger partial charge is 0.480 e. The molecular formula is C10H15NO3S. The molecule has 0 radical (unpaired) electrons. The minimum atomic E-state index is -0.869. The van der Waals surface area contributed by atoms with Crippen LogP contribution in [0.5, 0.6) is 0 Å². The molecule has 1 amide bonds. The zero-order chi connectivity index (χ0) is 10.8. The molecule has 2 aliphatic rings.